The number of aliphatic hydroxyl groups is 2. The van der Waals surface area contributed by atoms with Gasteiger partial charge in [0.15, 0.2) is 6.29 Å². The van der Waals surface area contributed by atoms with Crippen LogP contribution in [0, 0.1) is 0 Å². The van der Waals surface area contributed by atoms with Crippen molar-refractivity contribution >= 4 is 12.4 Å². The minimum Gasteiger partial charge on any atom is -0.507 e. The molecule has 0 amide bonds. The number of hydrogen-bond acceptors (Lipinski definition) is 4. The second kappa shape index (κ2) is 5.44. The summed E-state index contributed by atoms with van der Waals surface area (Å²) in [4.78, 5) is 10.7. The van der Waals surface area contributed by atoms with Crippen LogP contribution in [0.15, 0.2) is 24.3 Å². The molecule has 0 spiro atoms. The van der Waals surface area contributed by atoms with Crippen LogP contribution in [0.3, 0.4) is 0 Å². The normalized spacial score (nSPS) is 14.9. The van der Waals surface area contributed by atoms with Crippen molar-refractivity contribution in [2.24, 2.45) is 0 Å². The molecule has 0 aliphatic carbocycles. The molecule has 86 valence electrons. The number of aliphatic hydroxyl groups excluding tert-OH is 2. The molecule has 0 radical (unpaired) electrons. The predicted molar refractivity (Wildman–Crippen MR) is 60.2 cm³/mol. The Kier molecular flexibility index (Phi) is 4.22. The third-order valence-corrected chi connectivity index (χ3v) is 2.20. The SMILES string of the molecule is CC(O)C(O)/C=C/c1cccc(O)c1C=O. The summed E-state index contributed by atoms with van der Waals surface area (Å²) in [6.07, 6.45) is 1.52. The van der Waals surface area contributed by atoms with Crippen molar-refractivity contribution in [1.82, 2.24) is 0 Å². The fourth-order valence-electron chi connectivity index (χ4n) is 1.21. The van der Waals surface area contributed by atoms with Crippen LogP contribution >= 0.6 is 0 Å². The van der Waals surface area contributed by atoms with Crippen LogP contribution in [0.2, 0.25) is 0 Å². The van der Waals surface area contributed by atoms with Crippen molar-refractivity contribution in [2.75, 3.05) is 0 Å². The molecule has 3 N–H and O–H groups in total. The number of phenols is 1. The fraction of sp³-hybridized carbons (Fsp3) is 0.250. The zero-order valence-corrected chi connectivity index (χ0v) is 8.87. The number of carbonyl (C=O) groups is 1. The van der Waals surface area contributed by atoms with E-state index in [4.69, 9.17) is 5.11 Å². The van der Waals surface area contributed by atoms with E-state index >= 15 is 0 Å². The van der Waals surface area contributed by atoms with Gasteiger partial charge in [-0.3, -0.25) is 4.79 Å². The summed E-state index contributed by atoms with van der Waals surface area (Å²) in [5, 5.41) is 27.8. The van der Waals surface area contributed by atoms with E-state index < -0.39 is 12.2 Å². The second-order valence-corrected chi connectivity index (χ2v) is 3.49. The van der Waals surface area contributed by atoms with E-state index in [0.29, 0.717) is 11.8 Å². The lowest BCUT2D eigenvalue weighted by molar-refractivity contribution is 0.0624. The molecule has 1 rings (SSSR count). The molecule has 2 atom stereocenters. The van der Waals surface area contributed by atoms with E-state index in [1.807, 2.05) is 0 Å². The van der Waals surface area contributed by atoms with Gasteiger partial charge in [-0.1, -0.05) is 24.3 Å². The van der Waals surface area contributed by atoms with Gasteiger partial charge in [0.1, 0.15) is 5.75 Å². The van der Waals surface area contributed by atoms with Crippen LogP contribution in [0.1, 0.15) is 22.8 Å². The molecular formula is C12H14O4. The number of carbonyl (C=O) groups excluding carboxylic acids is 1. The van der Waals surface area contributed by atoms with E-state index in [2.05, 4.69) is 0 Å². The third-order valence-electron chi connectivity index (χ3n) is 2.20. The lowest BCUT2D eigenvalue weighted by Crippen LogP contribution is -2.19. The number of hydrogen-bond donors (Lipinski definition) is 3. The topological polar surface area (TPSA) is 77.8 Å². The Morgan fingerprint density at radius 1 is 1.31 bits per heavy atom. The van der Waals surface area contributed by atoms with Crippen molar-refractivity contribution in [1.29, 1.82) is 0 Å². The van der Waals surface area contributed by atoms with Gasteiger partial charge in [-0.25, -0.2) is 0 Å². The zero-order valence-electron chi connectivity index (χ0n) is 8.87. The van der Waals surface area contributed by atoms with E-state index in [0.717, 1.165) is 0 Å². The number of aromatic hydroxyl groups is 1. The number of benzene rings is 1. The van der Waals surface area contributed by atoms with Gasteiger partial charge in [-0.15, -0.1) is 0 Å². The van der Waals surface area contributed by atoms with Gasteiger partial charge in [-0.05, 0) is 18.6 Å². The molecular weight excluding hydrogens is 208 g/mol. The van der Waals surface area contributed by atoms with E-state index in [1.165, 1.54) is 25.1 Å². The van der Waals surface area contributed by atoms with Crippen molar-refractivity contribution in [3.8, 4) is 5.75 Å². The first-order valence-corrected chi connectivity index (χ1v) is 4.87. The van der Waals surface area contributed by atoms with Gasteiger partial charge < -0.3 is 15.3 Å². The molecule has 16 heavy (non-hydrogen) atoms. The molecule has 0 aromatic heterocycles. The van der Waals surface area contributed by atoms with Crippen LogP contribution in [0.5, 0.6) is 5.75 Å². The van der Waals surface area contributed by atoms with Crippen molar-refractivity contribution < 1.29 is 20.1 Å². The quantitative estimate of drug-likeness (QED) is 0.663. The Balaban J connectivity index is 2.97. The van der Waals surface area contributed by atoms with Gasteiger partial charge in [0, 0.05) is 0 Å². The van der Waals surface area contributed by atoms with Crippen LogP contribution in [0.4, 0.5) is 0 Å². The van der Waals surface area contributed by atoms with Crippen molar-refractivity contribution in [2.45, 2.75) is 19.1 Å². The molecule has 1 aromatic rings. The van der Waals surface area contributed by atoms with Gasteiger partial charge in [0.2, 0.25) is 0 Å². The minimum atomic E-state index is -0.998. The predicted octanol–water partition coefficient (Wildman–Crippen LogP) is 0.960. The first-order chi connectivity index (χ1) is 7.56. The summed E-state index contributed by atoms with van der Waals surface area (Å²) in [6, 6.07) is 4.64. The Labute approximate surface area is 93.5 Å². The van der Waals surface area contributed by atoms with Crippen molar-refractivity contribution in [3.05, 3.63) is 35.4 Å². The number of aldehydes is 1. The Morgan fingerprint density at radius 3 is 2.56 bits per heavy atom. The summed E-state index contributed by atoms with van der Waals surface area (Å²) >= 11 is 0. The zero-order chi connectivity index (χ0) is 12.1. The van der Waals surface area contributed by atoms with Gasteiger partial charge in [-0.2, -0.15) is 0 Å². The highest BCUT2D eigenvalue weighted by Crippen LogP contribution is 2.20. The van der Waals surface area contributed by atoms with Crippen LogP contribution in [-0.2, 0) is 0 Å². The highest BCUT2D eigenvalue weighted by atomic mass is 16.3. The van der Waals surface area contributed by atoms with E-state index in [9.17, 15) is 15.0 Å². The molecule has 1 aromatic carbocycles. The lowest BCUT2D eigenvalue weighted by Gasteiger charge is -2.08. The van der Waals surface area contributed by atoms with Crippen LogP contribution in [-0.4, -0.2) is 33.8 Å². The third kappa shape index (κ3) is 2.92. The van der Waals surface area contributed by atoms with Crippen LogP contribution < -0.4 is 0 Å². The fourth-order valence-corrected chi connectivity index (χ4v) is 1.21. The largest absolute Gasteiger partial charge is 0.507 e. The molecule has 4 heteroatoms. The highest BCUT2D eigenvalue weighted by molar-refractivity contribution is 5.85. The molecule has 0 saturated heterocycles. The van der Waals surface area contributed by atoms with E-state index in [1.54, 1.807) is 12.1 Å². The summed E-state index contributed by atoms with van der Waals surface area (Å²) in [7, 11) is 0. The molecule has 0 aliphatic heterocycles. The minimum absolute atomic E-state index is 0.108. The summed E-state index contributed by atoms with van der Waals surface area (Å²) in [5.41, 5.74) is 0.659. The Morgan fingerprint density at radius 2 is 2.00 bits per heavy atom. The van der Waals surface area contributed by atoms with Gasteiger partial charge in [0.25, 0.3) is 0 Å². The highest BCUT2D eigenvalue weighted by Gasteiger charge is 2.07. The molecule has 4 nitrogen and oxygen atoms in total. The Bertz CT molecular complexity index is 396. The molecule has 0 saturated carbocycles. The summed E-state index contributed by atoms with van der Waals surface area (Å²) in [5.74, 6) is -0.108. The molecule has 0 aliphatic rings. The maximum Gasteiger partial charge on any atom is 0.154 e. The van der Waals surface area contributed by atoms with Gasteiger partial charge >= 0.3 is 0 Å². The van der Waals surface area contributed by atoms with Gasteiger partial charge in [0.05, 0.1) is 17.8 Å². The number of phenolic OH excluding ortho intramolecular Hbond substituents is 1. The average Bonchev–Trinajstić information content (AvgIpc) is 2.25. The Hall–Kier alpha value is -1.65. The molecule has 0 heterocycles. The lowest BCUT2D eigenvalue weighted by atomic mass is 10.1. The first-order valence-electron chi connectivity index (χ1n) is 4.87. The first kappa shape index (κ1) is 12.4. The summed E-state index contributed by atoms with van der Waals surface area (Å²) < 4.78 is 0. The second-order valence-electron chi connectivity index (χ2n) is 3.49. The molecule has 0 bridgehead atoms. The van der Waals surface area contributed by atoms with E-state index in [-0.39, 0.29) is 11.3 Å². The monoisotopic (exact) mass is 222 g/mol. The average molecular weight is 222 g/mol. The van der Waals surface area contributed by atoms with Crippen LogP contribution in [0.25, 0.3) is 6.08 Å². The van der Waals surface area contributed by atoms with Crippen molar-refractivity contribution in [3.63, 3.8) is 0 Å². The standard InChI is InChI=1S/C12H14O4/c1-8(14)11(15)6-5-9-3-2-4-12(16)10(9)7-13/h2-8,11,14-16H,1H3/b6-5+. The number of rotatable bonds is 4. The molecule has 0 fully saturated rings. The molecule has 2 unspecified atom stereocenters. The maximum atomic E-state index is 10.7. The summed E-state index contributed by atoms with van der Waals surface area (Å²) in [6.45, 7) is 1.46. The smallest absolute Gasteiger partial charge is 0.154 e. The maximum absolute atomic E-state index is 10.7.